The summed E-state index contributed by atoms with van der Waals surface area (Å²) in [6.07, 6.45) is 0.569. The average Bonchev–Trinajstić information content (AvgIpc) is 1.81. The fourth-order valence-corrected chi connectivity index (χ4v) is 8.14. The van der Waals surface area contributed by atoms with Gasteiger partial charge in [-0.15, -0.1) is 0 Å². The second-order valence-corrected chi connectivity index (χ2v) is 21.9. The summed E-state index contributed by atoms with van der Waals surface area (Å²) in [7, 11) is 0. The molecule has 0 rings (SSSR count). The van der Waals surface area contributed by atoms with Gasteiger partial charge in [-0.25, -0.2) is 4.79 Å². The van der Waals surface area contributed by atoms with Gasteiger partial charge in [-0.3, -0.25) is 0 Å². The number of hydrogen-bond acceptors (Lipinski definition) is 15. The first-order valence-corrected chi connectivity index (χ1v) is 31.0. The summed E-state index contributed by atoms with van der Waals surface area (Å²) in [4.78, 5) is 58.0. The van der Waals surface area contributed by atoms with Gasteiger partial charge in [0, 0.05) is 19.4 Å². The van der Waals surface area contributed by atoms with E-state index in [-0.39, 0.29) is 18.8 Å². The molecule has 564 valence electrons. The molecule has 0 saturated heterocycles. The van der Waals surface area contributed by atoms with Gasteiger partial charge >= 0.3 is 43.0 Å². The Morgan fingerprint density at radius 3 is 0.904 bits per heavy atom. The number of aliphatic hydroxyl groups is 2. The van der Waals surface area contributed by atoms with E-state index >= 15 is 0 Å². The Bertz CT molecular complexity index is 1750. The van der Waals surface area contributed by atoms with Crippen molar-refractivity contribution in [3.8, 4) is 0 Å². The highest BCUT2D eigenvalue weighted by molar-refractivity contribution is 5.75. The fraction of sp³-hybridized carbons (Fsp3) is 0.893. The molecule has 0 amide bonds. The minimum absolute atomic E-state index is 0.156. The molecular weight excluding hydrogens is 1320 g/mol. The van der Waals surface area contributed by atoms with E-state index in [2.05, 4.69) is 33.8 Å². The zero-order valence-corrected chi connectivity index (χ0v) is 53.6. The van der Waals surface area contributed by atoms with Gasteiger partial charge in [0.2, 0.25) is 0 Å². The first kappa shape index (κ1) is 100. The van der Waals surface area contributed by atoms with E-state index < -0.39 is 72.9 Å². The quantitative estimate of drug-likeness (QED) is 0.0220. The van der Waals surface area contributed by atoms with Gasteiger partial charge in [-0.2, -0.15) is 79.0 Å². The van der Waals surface area contributed by atoms with Crippen LogP contribution in [-0.2, 0) is 33.5 Å². The number of carbonyl (C=O) groups excluding carboxylic acids is 6. The van der Waals surface area contributed by atoms with Gasteiger partial charge in [0.05, 0.1) is 58.1 Å². The average molecular weight is 1420 g/mol. The van der Waals surface area contributed by atoms with Crippen molar-refractivity contribution < 1.29 is 175 Å². The molecule has 0 aromatic rings. The number of quaternary nitrogens is 5. The number of aliphatic carboxylic acids is 5. The van der Waals surface area contributed by atoms with Gasteiger partial charge in [0.25, 0.3) is 0 Å². The molecule has 38 heteroatoms. The molecular formula is C56H100F18N6O14. The standard InChI is InChI=1S/C46H95F3N6O4.5C2HF3O2/c1-4-5-6-7-8-9-10-13-16-19-22-25-30-54(39-43(35-50)52-37-41(2)56)32-27-28-33-55(40-44(36-51)53-38-42(3)57)31-26-23-20-17-14-11-12-15-18-21-24-29-34-59-45(58)46(47,48)49;5*3-2(4,5)1(6)7/h41-44,52-53,56-57H,4-40,50-51H2,1-3H3;5*(H,6,7). The van der Waals surface area contributed by atoms with Crippen LogP contribution >= 0.6 is 0 Å². The van der Waals surface area contributed by atoms with Gasteiger partial charge in [0.1, 0.15) is 55.5 Å². The van der Waals surface area contributed by atoms with Crippen molar-refractivity contribution >= 4 is 35.8 Å². The van der Waals surface area contributed by atoms with Crippen LogP contribution in [0, 0.1) is 0 Å². The molecule has 0 heterocycles. The van der Waals surface area contributed by atoms with Crippen molar-refractivity contribution in [3.63, 3.8) is 0 Å². The lowest BCUT2D eigenvalue weighted by Gasteiger charge is -2.26. The summed E-state index contributed by atoms with van der Waals surface area (Å²) >= 11 is 0. The predicted octanol–water partition coefficient (Wildman–Crippen LogP) is -0.347. The first-order valence-electron chi connectivity index (χ1n) is 31.0. The summed E-state index contributed by atoms with van der Waals surface area (Å²) in [5.41, 5.74) is 8.48. The lowest BCUT2D eigenvalue weighted by atomic mass is 10.0. The third-order valence-electron chi connectivity index (χ3n) is 13.1. The Hall–Kier alpha value is -4.76. The number of alkyl halides is 18. The molecule has 94 heavy (non-hydrogen) atoms. The van der Waals surface area contributed by atoms with Crippen LogP contribution < -0.4 is 57.4 Å². The number of carbonyl (C=O) groups is 6. The van der Waals surface area contributed by atoms with Gasteiger partial charge in [-0.05, 0) is 46.0 Å². The number of unbranched alkanes of at least 4 members (excludes halogenated alkanes) is 23. The first-order chi connectivity index (χ1) is 43.1. The molecule has 0 aromatic carbocycles. The molecule has 0 bridgehead atoms. The van der Waals surface area contributed by atoms with Crippen LogP contribution in [0.3, 0.4) is 0 Å². The third-order valence-corrected chi connectivity index (χ3v) is 13.1. The maximum absolute atomic E-state index is 12.2. The number of ether oxygens (including phenoxy) is 1. The number of rotatable bonds is 45. The van der Waals surface area contributed by atoms with Crippen LogP contribution in [0.2, 0.25) is 0 Å². The lowest BCUT2D eigenvalue weighted by Crippen LogP contribution is -3.17. The molecule has 6 atom stereocenters. The summed E-state index contributed by atoms with van der Waals surface area (Å²) < 4.78 is 199. The van der Waals surface area contributed by atoms with Gasteiger partial charge < -0.3 is 96.4 Å². The van der Waals surface area contributed by atoms with Crippen LogP contribution in [0.4, 0.5) is 79.0 Å². The van der Waals surface area contributed by atoms with E-state index in [1.165, 1.54) is 161 Å². The molecule has 20 nitrogen and oxygen atoms in total. The zero-order chi connectivity index (χ0) is 74.2. The van der Waals surface area contributed by atoms with E-state index in [0.717, 1.165) is 58.4 Å². The molecule has 0 aliphatic heterocycles. The maximum Gasteiger partial charge on any atom is 0.490 e. The fourth-order valence-electron chi connectivity index (χ4n) is 8.14. The zero-order valence-electron chi connectivity index (χ0n) is 53.6. The molecule has 0 radical (unpaired) electrons. The Morgan fingerprint density at radius 2 is 0.670 bits per heavy atom. The van der Waals surface area contributed by atoms with Crippen molar-refractivity contribution in [1.29, 1.82) is 0 Å². The Kier molecular flexibility index (Phi) is 62.3. The van der Waals surface area contributed by atoms with Gasteiger partial charge in [-0.1, -0.05) is 129 Å². The smallest absolute Gasteiger partial charge is 0.490 e. The molecule has 0 spiro atoms. The lowest BCUT2D eigenvalue weighted by molar-refractivity contribution is -0.923. The molecule has 0 saturated carbocycles. The molecule has 0 fully saturated rings. The minimum Gasteiger partial charge on any atom is -0.542 e. The third kappa shape index (κ3) is 76.3. The summed E-state index contributed by atoms with van der Waals surface area (Å²) in [6.45, 7) is 15.8. The van der Waals surface area contributed by atoms with E-state index in [4.69, 9.17) is 49.5 Å². The highest BCUT2D eigenvalue weighted by Crippen LogP contribution is 2.19. The van der Waals surface area contributed by atoms with Gasteiger partial charge in [0.15, 0.2) is 6.04 Å². The van der Waals surface area contributed by atoms with Crippen molar-refractivity contribution in [3.05, 3.63) is 0 Å². The Balaban J connectivity index is -0.000000440. The predicted molar refractivity (Wildman–Crippen MR) is 290 cm³/mol. The van der Waals surface area contributed by atoms with E-state index in [9.17, 15) is 94.0 Å². The number of carboxylic acids is 5. The van der Waals surface area contributed by atoms with Crippen LogP contribution in [0.25, 0.3) is 0 Å². The number of carboxylic acid groups (broad SMARTS) is 5. The second kappa shape index (κ2) is 58.4. The van der Waals surface area contributed by atoms with Crippen LogP contribution in [-0.4, -0.2) is 179 Å². The van der Waals surface area contributed by atoms with Crippen molar-refractivity contribution in [2.45, 2.75) is 249 Å². The number of nitrogens with two attached hydrogens (primary N) is 1. The largest absolute Gasteiger partial charge is 0.542 e. The van der Waals surface area contributed by atoms with Crippen molar-refractivity contribution in [2.24, 2.45) is 0 Å². The summed E-state index contributed by atoms with van der Waals surface area (Å²) in [5.74, 6) is -17.1. The highest BCUT2D eigenvalue weighted by atomic mass is 19.4. The molecule has 0 aliphatic carbocycles. The topological polar surface area (TPSA) is 360 Å². The van der Waals surface area contributed by atoms with Crippen LogP contribution in [0.5, 0.6) is 0 Å². The second-order valence-electron chi connectivity index (χ2n) is 21.9. The Morgan fingerprint density at radius 1 is 0.415 bits per heavy atom. The number of hydrogen-bond donors (Lipinski definition) is 8. The van der Waals surface area contributed by atoms with E-state index in [1.54, 1.807) is 9.80 Å². The Labute approximate surface area is 536 Å². The molecule has 13 N–H and O–H groups in total. The maximum atomic E-state index is 12.2. The summed E-state index contributed by atoms with van der Waals surface area (Å²) in [5, 5.41) is 69.6. The van der Waals surface area contributed by atoms with Crippen molar-refractivity contribution in [2.75, 3.05) is 72.1 Å². The van der Waals surface area contributed by atoms with Crippen LogP contribution in [0.15, 0.2) is 0 Å². The normalized spacial score (nSPS) is 13.8. The van der Waals surface area contributed by atoms with Crippen molar-refractivity contribution in [1.82, 2.24) is 5.32 Å². The molecule has 0 aliphatic rings. The number of halogens is 18. The minimum atomic E-state index is -5.19. The monoisotopic (exact) mass is 1420 g/mol. The number of aliphatic hydroxyl groups excluding tert-OH is 2. The number of nitrogens with one attached hydrogen (secondary N) is 3. The highest BCUT2D eigenvalue weighted by Gasteiger charge is 2.41. The SMILES string of the molecule is CCCCCCCCCCCCCC[NH+](CCCC[NH+](CCCCCCCCCCCCCCOC(=O)C(F)(F)F)CC(C[NH3+])NCC(C)O)CC(C[NH3+])[NH2+]CC(C)O.O=C([O-])C(F)(F)F.O=C([O-])C(F)(F)F.O=C([O-])C(F)(F)F.O=C([O-])C(F)(F)F.O=C([O-])C(F)(F)F. The van der Waals surface area contributed by atoms with Crippen LogP contribution in [0.1, 0.15) is 188 Å². The molecule has 0 aromatic heterocycles. The van der Waals surface area contributed by atoms with E-state index in [0.29, 0.717) is 25.0 Å². The molecule has 6 unspecified atom stereocenters. The number of esters is 1. The van der Waals surface area contributed by atoms with E-state index in [1.807, 2.05) is 13.8 Å². The summed E-state index contributed by atoms with van der Waals surface area (Å²) in [6, 6.07) is 0.758.